The van der Waals surface area contributed by atoms with Crippen molar-refractivity contribution in [2.75, 3.05) is 0 Å². The molecule has 0 atom stereocenters. The van der Waals surface area contributed by atoms with Crippen molar-refractivity contribution in [3.8, 4) is 5.75 Å². The standard InChI is InChI=1S/C12H17NO2/c13-10-4-6-12(15,7-5-10)9-2-1-3-11(14)8-9/h1-3,8,10,14-15H,4-7,13H2. The molecule has 1 aliphatic rings. The topological polar surface area (TPSA) is 66.5 Å². The lowest BCUT2D eigenvalue weighted by molar-refractivity contribution is -0.00512. The van der Waals surface area contributed by atoms with Crippen LogP contribution < -0.4 is 5.73 Å². The van der Waals surface area contributed by atoms with Crippen molar-refractivity contribution >= 4 is 0 Å². The minimum Gasteiger partial charge on any atom is -0.508 e. The quantitative estimate of drug-likeness (QED) is 0.653. The van der Waals surface area contributed by atoms with Crippen molar-refractivity contribution < 1.29 is 10.2 Å². The summed E-state index contributed by atoms with van der Waals surface area (Å²) in [4.78, 5) is 0. The van der Waals surface area contributed by atoms with E-state index in [1.165, 1.54) is 0 Å². The van der Waals surface area contributed by atoms with Gasteiger partial charge in [-0.25, -0.2) is 0 Å². The third-order valence-corrected chi connectivity index (χ3v) is 3.24. The van der Waals surface area contributed by atoms with E-state index in [9.17, 15) is 10.2 Å². The zero-order valence-corrected chi connectivity index (χ0v) is 8.69. The lowest BCUT2D eigenvalue weighted by Crippen LogP contribution is -2.36. The Balaban J connectivity index is 2.22. The molecule has 0 aliphatic heterocycles. The summed E-state index contributed by atoms with van der Waals surface area (Å²) >= 11 is 0. The molecule has 0 aromatic heterocycles. The summed E-state index contributed by atoms with van der Waals surface area (Å²) in [7, 11) is 0. The van der Waals surface area contributed by atoms with Crippen LogP contribution in [0.25, 0.3) is 0 Å². The molecule has 0 spiro atoms. The van der Waals surface area contributed by atoms with Crippen LogP contribution in [0, 0.1) is 0 Å². The number of benzene rings is 1. The van der Waals surface area contributed by atoms with Crippen LogP contribution in [0.3, 0.4) is 0 Å². The molecular formula is C12H17NO2. The summed E-state index contributed by atoms with van der Waals surface area (Å²) in [6.07, 6.45) is 3.04. The molecule has 4 N–H and O–H groups in total. The summed E-state index contributed by atoms with van der Waals surface area (Å²) in [5, 5.41) is 19.8. The average molecular weight is 207 g/mol. The number of aliphatic hydroxyl groups is 1. The second-order valence-electron chi connectivity index (χ2n) is 4.42. The van der Waals surface area contributed by atoms with Gasteiger partial charge in [-0.2, -0.15) is 0 Å². The van der Waals surface area contributed by atoms with Gasteiger partial charge in [0.1, 0.15) is 5.75 Å². The molecule has 3 nitrogen and oxygen atoms in total. The van der Waals surface area contributed by atoms with Crippen molar-refractivity contribution in [1.82, 2.24) is 0 Å². The zero-order valence-electron chi connectivity index (χ0n) is 8.69. The molecule has 1 saturated carbocycles. The van der Waals surface area contributed by atoms with Gasteiger partial charge in [-0.15, -0.1) is 0 Å². The highest BCUT2D eigenvalue weighted by Gasteiger charge is 2.33. The molecule has 1 aromatic carbocycles. The molecule has 2 rings (SSSR count). The van der Waals surface area contributed by atoms with Gasteiger partial charge in [-0.05, 0) is 43.4 Å². The minimum absolute atomic E-state index is 0.204. The van der Waals surface area contributed by atoms with Gasteiger partial charge in [-0.3, -0.25) is 0 Å². The van der Waals surface area contributed by atoms with E-state index in [4.69, 9.17) is 5.73 Å². The van der Waals surface area contributed by atoms with E-state index < -0.39 is 5.60 Å². The predicted molar refractivity (Wildman–Crippen MR) is 58.4 cm³/mol. The third kappa shape index (κ3) is 2.13. The SMILES string of the molecule is NC1CCC(O)(c2cccc(O)c2)CC1. The van der Waals surface area contributed by atoms with Crippen molar-refractivity contribution in [3.63, 3.8) is 0 Å². The van der Waals surface area contributed by atoms with Crippen LogP contribution in [0.4, 0.5) is 0 Å². The van der Waals surface area contributed by atoms with Crippen LogP contribution in [0.15, 0.2) is 24.3 Å². The normalized spacial score (nSPS) is 31.5. The lowest BCUT2D eigenvalue weighted by atomic mass is 9.78. The molecule has 82 valence electrons. The van der Waals surface area contributed by atoms with E-state index in [1.807, 2.05) is 6.07 Å². The highest BCUT2D eigenvalue weighted by atomic mass is 16.3. The number of aromatic hydroxyl groups is 1. The minimum atomic E-state index is -0.797. The van der Waals surface area contributed by atoms with Crippen LogP contribution in [-0.2, 0) is 5.60 Å². The Bertz CT molecular complexity index is 343. The first-order valence-corrected chi connectivity index (χ1v) is 5.38. The van der Waals surface area contributed by atoms with Crippen molar-refractivity contribution in [2.45, 2.75) is 37.3 Å². The maximum Gasteiger partial charge on any atom is 0.115 e. The van der Waals surface area contributed by atoms with Gasteiger partial charge in [0.25, 0.3) is 0 Å². The number of rotatable bonds is 1. The fourth-order valence-electron chi connectivity index (χ4n) is 2.20. The van der Waals surface area contributed by atoms with E-state index in [2.05, 4.69) is 0 Å². The Morgan fingerprint density at radius 3 is 2.53 bits per heavy atom. The molecule has 0 amide bonds. The predicted octanol–water partition coefficient (Wildman–Crippen LogP) is 1.48. The van der Waals surface area contributed by atoms with Gasteiger partial charge in [0.2, 0.25) is 0 Å². The molecule has 0 radical (unpaired) electrons. The maximum atomic E-state index is 10.4. The van der Waals surface area contributed by atoms with Crippen molar-refractivity contribution in [1.29, 1.82) is 0 Å². The highest BCUT2D eigenvalue weighted by Crippen LogP contribution is 2.37. The van der Waals surface area contributed by atoms with E-state index in [0.29, 0.717) is 12.8 Å². The van der Waals surface area contributed by atoms with Gasteiger partial charge in [0, 0.05) is 6.04 Å². The fourth-order valence-corrected chi connectivity index (χ4v) is 2.20. The van der Waals surface area contributed by atoms with Gasteiger partial charge >= 0.3 is 0 Å². The van der Waals surface area contributed by atoms with Crippen LogP contribution in [0.1, 0.15) is 31.2 Å². The third-order valence-electron chi connectivity index (χ3n) is 3.24. The molecule has 0 unspecified atom stereocenters. The first-order chi connectivity index (χ1) is 7.10. The smallest absolute Gasteiger partial charge is 0.115 e. The van der Waals surface area contributed by atoms with E-state index >= 15 is 0 Å². The number of phenolic OH excluding ortho intramolecular Hbond substituents is 1. The Hall–Kier alpha value is -1.06. The summed E-state index contributed by atoms with van der Waals surface area (Å²) < 4.78 is 0. The molecule has 0 heterocycles. The average Bonchev–Trinajstić information content (AvgIpc) is 2.23. The zero-order chi connectivity index (χ0) is 10.9. The summed E-state index contributed by atoms with van der Waals surface area (Å²) in [6.45, 7) is 0. The van der Waals surface area contributed by atoms with Crippen LogP contribution in [0.5, 0.6) is 5.75 Å². The van der Waals surface area contributed by atoms with Gasteiger partial charge in [-0.1, -0.05) is 12.1 Å². The Morgan fingerprint density at radius 1 is 1.27 bits per heavy atom. The molecular weight excluding hydrogens is 190 g/mol. The van der Waals surface area contributed by atoms with Crippen LogP contribution in [0.2, 0.25) is 0 Å². The summed E-state index contributed by atoms with van der Waals surface area (Å²) in [5.74, 6) is 0.204. The number of hydrogen-bond donors (Lipinski definition) is 3. The van der Waals surface area contributed by atoms with Crippen LogP contribution >= 0.6 is 0 Å². The Kier molecular flexibility index (Phi) is 2.67. The monoisotopic (exact) mass is 207 g/mol. The fraction of sp³-hybridized carbons (Fsp3) is 0.500. The van der Waals surface area contributed by atoms with E-state index in [0.717, 1.165) is 18.4 Å². The Labute approximate surface area is 89.5 Å². The number of phenols is 1. The summed E-state index contributed by atoms with van der Waals surface area (Å²) in [5.41, 5.74) is 5.81. The van der Waals surface area contributed by atoms with Crippen LogP contribution in [-0.4, -0.2) is 16.3 Å². The van der Waals surface area contributed by atoms with Crippen molar-refractivity contribution in [2.24, 2.45) is 5.73 Å². The maximum absolute atomic E-state index is 10.4. The van der Waals surface area contributed by atoms with Gasteiger partial charge < -0.3 is 15.9 Å². The molecule has 3 heteroatoms. The molecule has 15 heavy (non-hydrogen) atoms. The molecule has 0 bridgehead atoms. The molecule has 0 saturated heterocycles. The molecule has 1 aliphatic carbocycles. The lowest BCUT2D eigenvalue weighted by Gasteiger charge is -2.35. The van der Waals surface area contributed by atoms with E-state index in [1.54, 1.807) is 18.2 Å². The first-order valence-electron chi connectivity index (χ1n) is 5.38. The van der Waals surface area contributed by atoms with Gasteiger partial charge in [0.05, 0.1) is 5.60 Å². The highest BCUT2D eigenvalue weighted by molar-refractivity contribution is 5.31. The second-order valence-corrected chi connectivity index (χ2v) is 4.42. The Morgan fingerprint density at radius 2 is 1.93 bits per heavy atom. The van der Waals surface area contributed by atoms with Gasteiger partial charge in [0.15, 0.2) is 0 Å². The first kappa shape index (κ1) is 10.5. The van der Waals surface area contributed by atoms with Crippen molar-refractivity contribution in [3.05, 3.63) is 29.8 Å². The number of hydrogen-bond acceptors (Lipinski definition) is 3. The molecule has 1 aromatic rings. The number of nitrogens with two attached hydrogens (primary N) is 1. The summed E-state index contributed by atoms with van der Waals surface area (Å²) in [6, 6.07) is 7.08. The second kappa shape index (κ2) is 3.83. The van der Waals surface area contributed by atoms with E-state index in [-0.39, 0.29) is 11.8 Å². The molecule has 1 fully saturated rings. The largest absolute Gasteiger partial charge is 0.508 e.